The summed E-state index contributed by atoms with van der Waals surface area (Å²) < 4.78 is 22.7. The molecule has 18 heavy (non-hydrogen) atoms. The van der Waals surface area contributed by atoms with Crippen LogP contribution in [0.4, 0.5) is 0 Å². The van der Waals surface area contributed by atoms with E-state index in [2.05, 4.69) is 5.32 Å². The Balaban J connectivity index is 3.02. The van der Waals surface area contributed by atoms with Gasteiger partial charge in [0.15, 0.2) is 0 Å². The lowest BCUT2D eigenvalue weighted by Crippen LogP contribution is -2.25. The summed E-state index contributed by atoms with van der Waals surface area (Å²) in [4.78, 5) is -0.166. The molecule has 6 nitrogen and oxygen atoms in total. The van der Waals surface area contributed by atoms with E-state index < -0.39 is 22.2 Å². The fourth-order valence-electron chi connectivity index (χ4n) is 1.64. The van der Waals surface area contributed by atoms with E-state index >= 15 is 0 Å². The van der Waals surface area contributed by atoms with Gasteiger partial charge in [0, 0.05) is 5.56 Å². The second kappa shape index (κ2) is 6.26. The molecule has 0 fully saturated rings. The summed E-state index contributed by atoms with van der Waals surface area (Å²) in [6.07, 6.45) is -2.04. The Morgan fingerprint density at radius 1 is 1.33 bits per heavy atom. The molecular weight excluding hydrogens is 256 g/mol. The summed E-state index contributed by atoms with van der Waals surface area (Å²) in [5.74, 6) is 0. The molecule has 0 aromatic heterocycles. The van der Waals surface area contributed by atoms with Gasteiger partial charge in [0.25, 0.3) is 0 Å². The van der Waals surface area contributed by atoms with Crippen molar-refractivity contribution in [3.8, 4) is 0 Å². The van der Waals surface area contributed by atoms with Crippen molar-refractivity contribution in [2.75, 3.05) is 13.6 Å². The zero-order valence-electron chi connectivity index (χ0n) is 10.1. The second-order valence-corrected chi connectivity index (χ2v) is 5.52. The lowest BCUT2D eigenvalue weighted by atomic mass is 10.0. The highest BCUT2D eigenvalue weighted by molar-refractivity contribution is 7.89. The molecule has 2 unspecified atom stereocenters. The van der Waals surface area contributed by atoms with Gasteiger partial charge in [0.2, 0.25) is 10.0 Å². The summed E-state index contributed by atoms with van der Waals surface area (Å²) in [5.41, 5.74) is 0.114. The first-order valence-corrected chi connectivity index (χ1v) is 7.05. The van der Waals surface area contributed by atoms with Crippen molar-refractivity contribution in [3.05, 3.63) is 29.8 Å². The Bertz CT molecular complexity index is 490. The van der Waals surface area contributed by atoms with Crippen molar-refractivity contribution in [2.24, 2.45) is 5.14 Å². The first-order valence-electron chi connectivity index (χ1n) is 5.50. The standard InChI is InChI=1S/C11H18N2O4S/c1-13-7-6-9(14)11(15)8-4-2-3-5-10(8)18(12,16)17/h2-5,9,11,13-15H,6-7H2,1H3,(H2,12,16,17). The van der Waals surface area contributed by atoms with E-state index in [0.717, 1.165) is 0 Å². The fourth-order valence-corrected chi connectivity index (χ4v) is 2.43. The predicted molar refractivity (Wildman–Crippen MR) is 67.3 cm³/mol. The summed E-state index contributed by atoms with van der Waals surface area (Å²) >= 11 is 0. The molecule has 102 valence electrons. The Morgan fingerprint density at radius 2 is 1.94 bits per heavy atom. The Kier molecular flexibility index (Phi) is 5.24. The molecule has 0 spiro atoms. The number of benzene rings is 1. The summed E-state index contributed by atoms with van der Waals surface area (Å²) in [6.45, 7) is 0.510. The van der Waals surface area contributed by atoms with Gasteiger partial charge in [-0.25, -0.2) is 13.6 Å². The van der Waals surface area contributed by atoms with Crippen LogP contribution in [0, 0.1) is 0 Å². The van der Waals surface area contributed by atoms with Crippen LogP contribution in [-0.4, -0.2) is 38.3 Å². The van der Waals surface area contributed by atoms with E-state index in [4.69, 9.17) is 5.14 Å². The highest BCUT2D eigenvalue weighted by atomic mass is 32.2. The average Bonchev–Trinajstić information content (AvgIpc) is 2.34. The maximum Gasteiger partial charge on any atom is 0.238 e. The van der Waals surface area contributed by atoms with E-state index in [0.29, 0.717) is 13.0 Å². The molecule has 7 heteroatoms. The number of primary sulfonamides is 1. The number of rotatable bonds is 6. The normalized spacial score (nSPS) is 15.3. The number of hydrogen-bond acceptors (Lipinski definition) is 5. The number of sulfonamides is 1. The predicted octanol–water partition coefficient (Wildman–Crippen LogP) is -0.662. The highest BCUT2D eigenvalue weighted by Gasteiger charge is 2.24. The Morgan fingerprint density at radius 3 is 2.50 bits per heavy atom. The van der Waals surface area contributed by atoms with E-state index in [1.54, 1.807) is 13.1 Å². The molecule has 0 aliphatic rings. The quantitative estimate of drug-likeness (QED) is 0.550. The van der Waals surface area contributed by atoms with Crippen molar-refractivity contribution in [3.63, 3.8) is 0 Å². The first-order chi connectivity index (χ1) is 8.38. The molecule has 5 N–H and O–H groups in total. The van der Waals surface area contributed by atoms with Crippen molar-refractivity contribution >= 4 is 10.0 Å². The minimum Gasteiger partial charge on any atom is -0.390 e. The van der Waals surface area contributed by atoms with E-state index in [1.807, 2.05) is 0 Å². The molecule has 0 saturated carbocycles. The van der Waals surface area contributed by atoms with Crippen LogP contribution in [0.3, 0.4) is 0 Å². The van der Waals surface area contributed by atoms with Gasteiger partial charge in [-0.1, -0.05) is 18.2 Å². The number of hydrogen-bond donors (Lipinski definition) is 4. The molecule has 0 radical (unpaired) electrons. The molecule has 1 rings (SSSR count). The molecule has 0 heterocycles. The zero-order chi connectivity index (χ0) is 13.8. The van der Waals surface area contributed by atoms with Crippen molar-refractivity contribution in [2.45, 2.75) is 23.5 Å². The second-order valence-electron chi connectivity index (χ2n) is 3.99. The largest absolute Gasteiger partial charge is 0.390 e. The smallest absolute Gasteiger partial charge is 0.238 e. The average molecular weight is 274 g/mol. The van der Waals surface area contributed by atoms with Crippen LogP contribution in [0.5, 0.6) is 0 Å². The molecule has 0 amide bonds. The van der Waals surface area contributed by atoms with Gasteiger partial charge in [0.1, 0.15) is 6.10 Å². The number of aliphatic hydroxyl groups excluding tert-OH is 2. The number of nitrogens with one attached hydrogen (secondary N) is 1. The Labute approximate surface area is 106 Å². The van der Waals surface area contributed by atoms with Crippen LogP contribution in [0.15, 0.2) is 29.2 Å². The van der Waals surface area contributed by atoms with Crippen LogP contribution in [0.2, 0.25) is 0 Å². The first kappa shape index (κ1) is 15.1. The molecule has 0 aliphatic heterocycles. The molecule has 1 aromatic rings. The van der Waals surface area contributed by atoms with Crippen molar-refractivity contribution < 1.29 is 18.6 Å². The van der Waals surface area contributed by atoms with Gasteiger partial charge >= 0.3 is 0 Å². The van der Waals surface area contributed by atoms with Crippen LogP contribution in [0.25, 0.3) is 0 Å². The van der Waals surface area contributed by atoms with Gasteiger partial charge in [-0.05, 0) is 26.1 Å². The number of nitrogens with two attached hydrogens (primary N) is 1. The summed E-state index contributed by atoms with van der Waals surface area (Å²) in [6, 6.07) is 5.83. The molecule has 0 saturated heterocycles. The van der Waals surface area contributed by atoms with Crippen LogP contribution in [0.1, 0.15) is 18.1 Å². The summed E-state index contributed by atoms with van der Waals surface area (Å²) in [7, 11) is -2.20. The van der Waals surface area contributed by atoms with Crippen molar-refractivity contribution in [1.82, 2.24) is 5.32 Å². The zero-order valence-corrected chi connectivity index (χ0v) is 10.9. The van der Waals surface area contributed by atoms with Gasteiger partial charge in [-0.2, -0.15) is 0 Å². The van der Waals surface area contributed by atoms with Crippen LogP contribution in [-0.2, 0) is 10.0 Å². The van der Waals surface area contributed by atoms with Crippen LogP contribution >= 0.6 is 0 Å². The molecule has 0 aliphatic carbocycles. The minimum absolute atomic E-state index is 0.114. The Hall–Kier alpha value is -0.990. The molecule has 1 aromatic carbocycles. The van der Waals surface area contributed by atoms with Gasteiger partial charge in [0.05, 0.1) is 11.0 Å². The monoisotopic (exact) mass is 274 g/mol. The topological polar surface area (TPSA) is 113 Å². The number of aliphatic hydroxyl groups is 2. The molecule has 0 bridgehead atoms. The van der Waals surface area contributed by atoms with E-state index in [9.17, 15) is 18.6 Å². The minimum atomic E-state index is -3.92. The highest BCUT2D eigenvalue weighted by Crippen LogP contribution is 2.25. The van der Waals surface area contributed by atoms with Gasteiger partial charge in [-0.15, -0.1) is 0 Å². The molecular formula is C11H18N2O4S. The fraction of sp³-hybridized carbons (Fsp3) is 0.455. The van der Waals surface area contributed by atoms with Crippen LogP contribution < -0.4 is 10.5 Å². The maximum absolute atomic E-state index is 11.4. The van der Waals surface area contributed by atoms with Gasteiger partial charge in [-0.3, -0.25) is 0 Å². The third-order valence-corrected chi connectivity index (χ3v) is 3.58. The third-order valence-electron chi connectivity index (χ3n) is 2.60. The lowest BCUT2D eigenvalue weighted by Gasteiger charge is -2.20. The maximum atomic E-state index is 11.4. The third kappa shape index (κ3) is 3.76. The molecule has 2 atom stereocenters. The summed E-state index contributed by atoms with van der Waals surface area (Å²) in [5, 5.41) is 27.6. The van der Waals surface area contributed by atoms with Crippen molar-refractivity contribution in [1.29, 1.82) is 0 Å². The van der Waals surface area contributed by atoms with Gasteiger partial charge < -0.3 is 15.5 Å². The lowest BCUT2D eigenvalue weighted by molar-refractivity contribution is 0.0124. The van der Waals surface area contributed by atoms with E-state index in [-0.39, 0.29) is 10.5 Å². The van der Waals surface area contributed by atoms with E-state index in [1.165, 1.54) is 18.2 Å². The SMILES string of the molecule is CNCCC(O)C(O)c1ccccc1S(N)(=O)=O.